The van der Waals surface area contributed by atoms with Crippen molar-refractivity contribution in [1.29, 1.82) is 0 Å². The quantitative estimate of drug-likeness (QED) is 0.519. The van der Waals surface area contributed by atoms with E-state index < -0.39 is 17.8 Å². The van der Waals surface area contributed by atoms with Crippen molar-refractivity contribution in [3.05, 3.63) is 64.6 Å². The predicted molar refractivity (Wildman–Crippen MR) is 144 cm³/mol. The van der Waals surface area contributed by atoms with E-state index in [1.165, 1.54) is 0 Å². The van der Waals surface area contributed by atoms with Crippen LogP contribution in [0.5, 0.6) is 5.75 Å². The zero-order valence-corrected chi connectivity index (χ0v) is 22.1. The standard InChI is InChI=1S/C29H35N3O5/c1-18-9-6-7-11-22(18)25-16-30-26(33)24-15-21(12-13-23(24)25)36-19(2)27(34)32-14-8-10-20(17-32)31-28(35)37-29(3,4)5/h6-7,9,11-13,15-16,19-20H,8,10,14,17H2,1-5H3,(H,30,33)(H,31,35)/t19-,20-/m1/s1. The van der Waals surface area contributed by atoms with Crippen molar-refractivity contribution in [1.82, 2.24) is 15.2 Å². The van der Waals surface area contributed by atoms with Crippen LogP contribution in [0.1, 0.15) is 46.1 Å². The zero-order chi connectivity index (χ0) is 26.7. The van der Waals surface area contributed by atoms with Gasteiger partial charge >= 0.3 is 6.09 Å². The molecule has 0 aliphatic carbocycles. The van der Waals surface area contributed by atoms with Crippen molar-refractivity contribution >= 4 is 22.8 Å². The maximum Gasteiger partial charge on any atom is 0.407 e. The fourth-order valence-corrected chi connectivity index (χ4v) is 4.69. The number of carbonyl (C=O) groups is 2. The molecule has 2 N–H and O–H groups in total. The molecule has 196 valence electrons. The molecule has 0 spiro atoms. The van der Waals surface area contributed by atoms with Gasteiger partial charge in [-0.3, -0.25) is 9.59 Å². The molecule has 1 aromatic heterocycles. The summed E-state index contributed by atoms with van der Waals surface area (Å²) in [6.45, 7) is 10.2. The van der Waals surface area contributed by atoms with E-state index in [0.717, 1.165) is 34.9 Å². The Balaban J connectivity index is 1.46. The lowest BCUT2D eigenvalue weighted by Crippen LogP contribution is -2.52. The number of H-pyrrole nitrogens is 1. The first-order valence-corrected chi connectivity index (χ1v) is 12.7. The topological polar surface area (TPSA) is 101 Å². The van der Waals surface area contributed by atoms with E-state index >= 15 is 0 Å². The van der Waals surface area contributed by atoms with Gasteiger partial charge in [0.15, 0.2) is 6.10 Å². The predicted octanol–water partition coefficient (Wildman–Crippen LogP) is 4.79. The Kier molecular flexibility index (Phi) is 7.57. The highest BCUT2D eigenvalue weighted by Crippen LogP contribution is 2.30. The number of carbonyl (C=O) groups excluding carboxylic acids is 2. The number of alkyl carbamates (subject to hydrolysis) is 1. The lowest BCUT2D eigenvalue weighted by Gasteiger charge is -2.34. The average molecular weight is 506 g/mol. The minimum atomic E-state index is -0.753. The molecule has 0 radical (unpaired) electrons. The second-order valence-electron chi connectivity index (χ2n) is 10.6. The SMILES string of the molecule is Cc1ccccc1-c1c[nH]c(=O)c2cc(O[C@H](C)C(=O)N3CCC[C@@H](NC(=O)OC(C)(C)C)C3)ccc12. The van der Waals surface area contributed by atoms with Crippen molar-refractivity contribution in [3.63, 3.8) is 0 Å². The van der Waals surface area contributed by atoms with E-state index in [9.17, 15) is 14.4 Å². The van der Waals surface area contributed by atoms with Crippen molar-refractivity contribution in [2.24, 2.45) is 0 Å². The van der Waals surface area contributed by atoms with Crippen molar-refractivity contribution < 1.29 is 19.1 Å². The van der Waals surface area contributed by atoms with Crippen LogP contribution in [0.15, 0.2) is 53.5 Å². The van der Waals surface area contributed by atoms with E-state index in [4.69, 9.17) is 9.47 Å². The monoisotopic (exact) mass is 505 g/mol. The lowest BCUT2D eigenvalue weighted by atomic mass is 9.97. The molecule has 1 fully saturated rings. The van der Waals surface area contributed by atoms with Crippen LogP contribution in [0.25, 0.3) is 21.9 Å². The number of nitrogens with zero attached hydrogens (tertiary/aromatic N) is 1. The highest BCUT2D eigenvalue weighted by atomic mass is 16.6. The Labute approximate surface area is 217 Å². The summed E-state index contributed by atoms with van der Waals surface area (Å²) in [7, 11) is 0. The fraction of sp³-hybridized carbons (Fsp3) is 0.414. The number of pyridine rings is 1. The molecule has 8 nitrogen and oxygen atoms in total. The maximum atomic E-state index is 13.2. The average Bonchev–Trinajstić information content (AvgIpc) is 2.83. The van der Waals surface area contributed by atoms with Gasteiger partial charge in [-0.15, -0.1) is 0 Å². The van der Waals surface area contributed by atoms with Crippen molar-refractivity contribution in [3.8, 4) is 16.9 Å². The summed E-state index contributed by atoms with van der Waals surface area (Å²) >= 11 is 0. The molecule has 2 atom stereocenters. The molecule has 37 heavy (non-hydrogen) atoms. The highest BCUT2D eigenvalue weighted by Gasteiger charge is 2.29. The van der Waals surface area contributed by atoms with E-state index in [1.54, 1.807) is 30.2 Å². The van der Waals surface area contributed by atoms with Gasteiger partial charge in [0, 0.05) is 30.9 Å². The normalized spacial score (nSPS) is 16.8. The first-order valence-electron chi connectivity index (χ1n) is 12.7. The molecule has 2 amide bonds. The molecule has 1 aliphatic rings. The minimum absolute atomic E-state index is 0.168. The summed E-state index contributed by atoms with van der Waals surface area (Å²) in [5.41, 5.74) is 2.28. The molecule has 1 saturated heterocycles. The minimum Gasteiger partial charge on any atom is -0.481 e. The van der Waals surface area contributed by atoms with Crippen LogP contribution in [0, 0.1) is 6.92 Å². The first kappa shape index (κ1) is 26.3. The summed E-state index contributed by atoms with van der Waals surface area (Å²) in [6, 6.07) is 13.2. The van der Waals surface area contributed by atoms with Gasteiger partial charge in [0.1, 0.15) is 11.4 Å². The largest absolute Gasteiger partial charge is 0.481 e. The molecule has 0 saturated carbocycles. The maximum absolute atomic E-state index is 13.2. The molecule has 8 heteroatoms. The Morgan fingerprint density at radius 1 is 1.11 bits per heavy atom. The molecule has 4 rings (SSSR count). The van der Waals surface area contributed by atoms with Crippen molar-refractivity contribution in [2.45, 2.75) is 65.2 Å². The van der Waals surface area contributed by atoms with E-state index in [1.807, 2.05) is 58.0 Å². The van der Waals surface area contributed by atoms with Gasteiger partial charge in [0.05, 0.1) is 5.39 Å². The molecule has 2 heterocycles. The van der Waals surface area contributed by atoms with Crippen LogP contribution < -0.4 is 15.6 Å². The van der Waals surface area contributed by atoms with Crippen LogP contribution in [0.3, 0.4) is 0 Å². The zero-order valence-electron chi connectivity index (χ0n) is 22.1. The number of piperidine rings is 1. The number of aromatic nitrogens is 1. The molecule has 2 aromatic carbocycles. The summed E-state index contributed by atoms with van der Waals surface area (Å²) in [5.74, 6) is 0.277. The van der Waals surface area contributed by atoms with Crippen LogP contribution in [0.4, 0.5) is 4.79 Å². The number of fused-ring (bicyclic) bond motifs is 1. The third kappa shape index (κ3) is 6.31. The van der Waals surface area contributed by atoms with Gasteiger partial charge in [0.2, 0.25) is 0 Å². The Morgan fingerprint density at radius 3 is 2.59 bits per heavy atom. The van der Waals surface area contributed by atoms with Crippen LogP contribution in [-0.4, -0.2) is 52.7 Å². The number of aryl methyl sites for hydroxylation is 1. The van der Waals surface area contributed by atoms with Crippen LogP contribution in [0.2, 0.25) is 0 Å². The molecule has 3 aromatic rings. The summed E-state index contributed by atoms with van der Waals surface area (Å²) in [4.78, 5) is 42.5. The second-order valence-corrected chi connectivity index (χ2v) is 10.6. The van der Waals surface area contributed by atoms with Gasteiger partial charge in [-0.25, -0.2) is 4.79 Å². The van der Waals surface area contributed by atoms with E-state index in [2.05, 4.69) is 10.3 Å². The fourth-order valence-electron chi connectivity index (χ4n) is 4.69. The summed E-state index contributed by atoms with van der Waals surface area (Å²) in [5, 5.41) is 4.18. The number of hydrogen-bond acceptors (Lipinski definition) is 5. The van der Waals surface area contributed by atoms with Crippen molar-refractivity contribution in [2.75, 3.05) is 13.1 Å². The Bertz CT molecular complexity index is 1360. The number of aromatic amines is 1. The second kappa shape index (κ2) is 10.7. The van der Waals surface area contributed by atoms with Crippen LogP contribution in [-0.2, 0) is 9.53 Å². The summed E-state index contributed by atoms with van der Waals surface area (Å²) < 4.78 is 11.3. The Hall–Kier alpha value is -3.81. The third-order valence-corrected chi connectivity index (χ3v) is 6.42. The molecule has 1 aliphatic heterocycles. The third-order valence-electron chi connectivity index (χ3n) is 6.42. The molecular formula is C29H35N3O5. The molecule has 0 unspecified atom stereocenters. The van der Waals surface area contributed by atoms with Gasteiger partial charge in [-0.05, 0) is 82.2 Å². The number of amides is 2. The number of rotatable bonds is 5. The van der Waals surface area contributed by atoms with E-state index in [0.29, 0.717) is 24.2 Å². The smallest absolute Gasteiger partial charge is 0.407 e. The highest BCUT2D eigenvalue weighted by molar-refractivity contribution is 5.97. The number of nitrogens with one attached hydrogen (secondary N) is 2. The Morgan fingerprint density at radius 2 is 1.86 bits per heavy atom. The van der Waals surface area contributed by atoms with Gasteiger partial charge in [-0.1, -0.05) is 24.3 Å². The summed E-state index contributed by atoms with van der Waals surface area (Å²) in [6.07, 6.45) is 2.04. The molecule has 0 bridgehead atoms. The molecular weight excluding hydrogens is 470 g/mol. The van der Waals surface area contributed by atoms with Gasteiger partial charge in [-0.2, -0.15) is 0 Å². The first-order chi connectivity index (χ1) is 17.5. The number of benzene rings is 2. The van der Waals surface area contributed by atoms with Gasteiger partial charge in [0.25, 0.3) is 11.5 Å². The van der Waals surface area contributed by atoms with Crippen LogP contribution >= 0.6 is 0 Å². The lowest BCUT2D eigenvalue weighted by molar-refractivity contribution is -0.139. The van der Waals surface area contributed by atoms with E-state index in [-0.39, 0.29) is 17.5 Å². The number of ether oxygens (including phenoxy) is 2. The van der Waals surface area contributed by atoms with Gasteiger partial charge < -0.3 is 24.7 Å². The number of hydrogen-bond donors (Lipinski definition) is 2. The number of likely N-dealkylation sites (tertiary alicyclic amines) is 1.